The van der Waals surface area contributed by atoms with Gasteiger partial charge in [0.05, 0.1) is 11.3 Å². The second-order valence-corrected chi connectivity index (χ2v) is 5.21. The van der Waals surface area contributed by atoms with E-state index in [4.69, 9.17) is 0 Å². The first-order valence-electron chi connectivity index (χ1n) is 6.82. The number of aryl methyl sites for hydroxylation is 1. The molecule has 2 aromatic rings. The number of hydrogen-bond donors (Lipinski definition) is 0. The normalized spacial score (nSPS) is 15.6. The molecule has 3 rings (SSSR count). The molecule has 0 spiro atoms. The van der Waals surface area contributed by atoms with Gasteiger partial charge in [0.25, 0.3) is 5.91 Å². The molecule has 6 heteroatoms. The van der Waals surface area contributed by atoms with Crippen molar-refractivity contribution in [1.29, 1.82) is 0 Å². The molecular weight excluding hydrogens is 268 g/mol. The topological polar surface area (TPSA) is 66.4 Å². The van der Waals surface area contributed by atoms with E-state index in [1.54, 1.807) is 36.0 Å². The van der Waals surface area contributed by atoms with E-state index in [0.717, 1.165) is 5.39 Å². The Hall–Kier alpha value is -2.50. The van der Waals surface area contributed by atoms with Crippen LogP contribution in [0.5, 0.6) is 0 Å². The molecule has 2 aromatic heterocycles. The van der Waals surface area contributed by atoms with Crippen LogP contribution in [0.4, 0.5) is 0 Å². The standard InChI is InChI=1S/C15H16N4O2/c1-10-12(8-11-4-3-5-16-14(11)17-10)15(21)19-7-6-18(2)13(20)9-19/h3-5,8H,6-7,9H2,1-2H3. The van der Waals surface area contributed by atoms with Crippen LogP contribution in [0.3, 0.4) is 0 Å². The number of nitrogens with zero attached hydrogens (tertiary/aromatic N) is 4. The lowest BCUT2D eigenvalue weighted by Crippen LogP contribution is -2.50. The van der Waals surface area contributed by atoms with Crippen LogP contribution in [0.2, 0.25) is 0 Å². The molecule has 1 saturated heterocycles. The number of piperazine rings is 1. The van der Waals surface area contributed by atoms with Gasteiger partial charge in [-0.25, -0.2) is 9.97 Å². The van der Waals surface area contributed by atoms with Gasteiger partial charge in [-0.15, -0.1) is 0 Å². The van der Waals surface area contributed by atoms with Gasteiger partial charge in [-0.05, 0) is 25.1 Å². The summed E-state index contributed by atoms with van der Waals surface area (Å²) in [6, 6.07) is 5.49. The van der Waals surface area contributed by atoms with E-state index in [-0.39, 0.29) is 18.4 Å². The molecule has 1 aliphatic heterocycles. The van der Waals surface area contributed by atoms with Gasteiger partial charge in [0, 0.05) is 31.7 Å². The Morgan fingerprint density at radius 1 is 1.33 bits per heavy atom. The quantitative estimate of drug-likeness (QED) is 0.778. The molecule has 0 unspecified atom stereocenters. The van der Waals surface area contributed by atoms with E-state index in [0.29, 0.717) is 30.0 Å². The number of aromatic nitrogens is 2. The first-order valence-corrected chi connectivity index (χ1v) is 6.82. The highest BCUT2D eigenvalue weighted by molar-refractivity contribution is 6.00. The van der Waals surface area contributed by atoms with Crippen molar-refractivity contribution in [2.24, 2.45) is 0 Å². The monoisotopic (exact) mass is 284 g/mol. The average molecular weight is 284 g/mol. The van der Waals surface area contributed by atoms with E-state index in [1.807, 2.05) is 12.1 Å². The van der Waals surface area contributed by atoms with Crippen molar-refractivity contribution < 1.29 is 9.59 Å². The predicted octanol–water partition coefficient (Wildman–Crippen LogP) is 0.852. The summed E-state index contributed by atoms with van der Waals surface area (Å²) < 4.78 is 0. The van der Waals surface area contributed by atoms with E-state index in [2.05, 4.69) is 9.97 Å². The highest BCUT2D eigenvalue weighted by atomic mass is 16.2. The fourth-order valence-electron chi connectivity index (χ4n) is 2.41. The Labute approximate surface area is 122 Å². The molecule has 1 aliphatic rings. The zero-order chi connectivity index (χ0) is 15.0. The first-order chi connectivity index (χ1) is 10.1. The number of likely N-dealkylation sites (N-methyl/N-ethyl adjacent to an activating group) is 1. The van der Waals surface area contributed by atoms with Crippen molar-refractivity contribution >= 4 is 22.8 Å². The number of rotatable bonds is 1. The van der Waals surface area contributed by atoms with Crippen LogP contribution in [0.15, 0.2) is 24.4 Å². The second-order valence-electron chi connectivity index (χ2n) is 5.21. The van der Waals surface area contributed by atoms with Crippen LogP contribution in [-0.2, 0) is 4.79 Å². The minimum Gasteiger partial charge on any atom is -0.342 e. The maximum atomic E-state index is 12.6. The Balaban J connectivity index is 1.94. The molecule has 3 heterocycles. The lowest BCUT2D eigenvalue weighted by atomic mass is 10.1. The Morgan fingerprint density at radius 2 is 2.14 bits per heavy atom. The first kappa shape index (κ1) is 13.5. The van der Waals surface area contributed by atoms with Gasteiger partial charge < -0.3 is 9.80 Å². The predicted molar refractivity (Wildman–Crippen MR) is 77.8 cm³/mol. The maximum Gasteiger partial charge on any atom is 0.256 e. The molecule has 1 fully saturated rings. The second kappa shape index (κ2) is 5.12. The average Bonchev–Trinajstić information content (AvgIpc) is 2.48. The van der Waals surface area contributed by atoms with Gasteiger partial charge in [0.15, 0.2) is 5.65 Å². The van der Waals surface area contributed by atoms with Crippen LogP contribution in [-0.4, -0.2) is 58.3 Å². The van der Waals surface area contributed by atoms with Crippen molar-refractivity contribution in [2.45, 2.75) is 6.92 Å². The number of fused-ring (bicyclic) bond motifs is 1. The number of carbonyl (C=O) groups is 2. The van der Waals surface area contributed by atoms with Gasteiger partial charge in [0.2, 0.25) is 5.91 Å². The summed E-state index contributed by atoms with van der Waals surface area (Å²) in [5.74, 6) is -0.185. The molecule has 0 bridgehead atoms. The third kappa shape index (κ3) is 2.44. The van der Waals surface area contributed by atoms with E-state index in [1.165, 1.54) is 0 Å². The van der Waals surface area contributed by atoms with E-state index < -0.39 is 0 Å². The summed E-state index contributed by atoms with van der Waals surface area (Å²) in [5, 5.41) is 0.826. The summed E-state index contributed by atoms with van der Waals surface area (Å²) in [7, 11) is 1.75. The lowest BCUT2D eigenvalue weighted by Gasteiger charge is -2.32. The van der Waals surface area contributed by atoms with E-state index >= 15 is 0 Å². The summed E-state index contributed by atoms with van der Waals surface area (Å²) in [5.41, 5.74) is 1.80. The fraction of sp³-hybridized carbons (Fsp3) is 0.333. The summed E-state index contributed by atoms with van der Waals surface area (Å²) in [4.78, 5) is 36.1. The molecule has 108 valence electrons. The third-order valence-corrected chi connectivity index (χ3v) is 3.75. The molecular formula is C15H16N4O2. The minimum atomic E-state index is -0.146. The van der Waals surface area contributed by atoms with Gasteiger partial charge in [-0.3, -0.25) is 9.59 Å². The van der Waals surface area contributed by atoms with Gasteiger partial charge in [0.1, 0.15) is 6.54 Å². The molecule has 21 heavy (non-hydrogen) atoms. The van der Waals surface area contributed by atoms with Crippen LogP contribution < -0.4 is 0 Å². The number of carbonyl (C=O) groups excluding carboxylic acids is 2. The van der Waals surface area contributed by atoms with Gasteiger partial charge in [-0.2, -0.15) is 0 Å². The highest BCUT2D eigenvalue weighted by Gasteiger charge is 2.26. The van der Waals surface area contributed by atoms with Crippen LogP contribution >= 0.6 is 0 Å². The van der Waals surface area contributed by atoms with Gasteiger partial charge >= 0.3 is 0 Å². The lowest BCUT2D eigenvalue weighted by molar-refractivity contribution is -0.133. The van der Waals surface area contributed by atoms with Gasteiger partial charge in [-0.1, -0.05) is 0 Å². The van der Waals surface area contributed by atoms with Crippen molar-refractivity contribution in [3.8, 4) is 0 Å². The smallest absolute Gasteiger partial charge is 0.256 e. The van der Waals surface area contributed by atoms with Crippen molar-refractivity contribution in [3.63, 3.8) is 0 Å². The third-order valence-electron chi connectivity index (χ3n) is 3.75. The Kier molecular flexibility index (Phi) is 3.29. The summed E-state index contributed by atoms with van der Waals surface area (Å²) >= 11 is 0. The molecule has 0 atom stereocenters. The van der Waals surface area contributed by atoms with Crippen LogP contribution in [0.1, 0.15) is 16.1 Å². The van der Waals surface area contributed by atoms with Crippen molar-refractivity contribution in [3.05, 3.63) is 35.7 Å². The fourth-order valence-corrected chi connectivity index (χ4v) is 2.41. The van der Waals surface area contributed by atoms with E-state index in [9.17, 15) is 9.59 Å². The zero-order valence-electron chi connectivity index (χ0n) is 12.0. The molecule has 0 saturated carbocycles. The molecule has 0 aliphatic carbocycles. The molecule has 0 aromatic carbocycles. The maximum absolute atomic E-state index is 12.6. The summed E-state index contributed by atoms with van der Waals surface area (Å²) in [6.45, 7) is 3.02. The Bertz CT molecular complexity index is 729. The molecule has 0 radical (unpaired) electrons. The van der Waals surface area contributed by atoms with Crippen molar-refractivity contribution in [1.82, 2.24) is 19.8 Å². The number of pyridine rings is 2. The largest absolute Gasteiger partial charge is 0.342 e. The summed E-state index contributed by atoms with van der Waals surface area (Å²) in [6.07, 6.45) is 1.68. The zero-order valence-corrected chi connectivity index (χ0v) is 12.0. The van der Waals surface area contributed by atoms with Crippen molar-refractivity contribution in [2.75, 3.05) is 26.7 Å². The number of hydrogen-bond acceptors (Lipinski definition) is 4. The minimum absolute atomic E-state index is 0.0392. The Morgan fingerprint density at radius 3 is 2.90 bits per heavy atom. The molecule has 6 nitrogen and oxygen atoms in total. The SMILES string of the molecule is Cc1nc2ncccc2cc1C(=O)N1CCN(C)C(=O)C1. The van der Waals surface area contributed by atoms with Crippen LogP contribution in [0.25, 0.3) is 11.0 Å². The number of amides is 2. The molecule has 2 amide bonds. The highest BCUT2D eigenvalue weighted by Crippen LogP contribution is 2.17. The molecule has 0 N–H and O–H groups in total. The van der Waals surface area contributed by atoms with Crippen LogP contribution in [0, 0.1) is 6.92 Å².